The van der Waals surface area contributed by atoms with Crippen LogP contribution in [0.1, 0.15) is 24.2 Å². The highest BCUT2D eigenvalue weighted by atomic mass is 19.1. The van der Waals surface area contributed by atoms with Crippen molar-refractivity contribution >= 4 is 11.9 Å². The van der Waals surface area contributed by atoms with E-state index < -0.39 is 34.6 Å². The van der Waals surface area contributed by atoms with Crippen LogP contribution in [-0.2, 0) is 4.79 Å². The van der Waals surface area contributed by atoms with Gasteiger partial charge in [-0.2, -0.15) is 0 Å². The van der Waals surface area contributed by atoms with Gasteiger partial charge in [-0.15, -0.1) is 0 Å². The Labute approximate surface area is 103 Å². The summed E-state index contributed by atoms with van der Waals surface area (Å²) in [4.78, 5) is 23.8. The number of nitrogens with zero attached hydrogens (tertiary/aromatic N) is 1. The molecule has 0 radical (unpaired) electrons. The highest BCUT2D eigenvalue weighted by molar-refractivity contribution is 5.97. The molecule has 1 N–H and O–H groups in total. The number of likely N-dealkylation sites (N-methyl/N-ethyl adjacent to an activating group) is 1. The van der Waals surface area contributed by atoms with Gasteiger partial charge in [-0.3, -0.25) is 4.79 Å². The molecular weight excluding hydrogens is 244 g/mol. The smallest absolute Gasteiger partial charge is 0.329 e. The maximum Gasteiger partial charge on any atom is 0.329 e. The number of aliphatic carboxylic acids is 1. The van der Waals surface area contributed by atoms with Crippen LogP contribution in [0.3, 0.4) is 0 Å². The number of rotatable bonds is 3. The van der Waals surface area contributed by atoms with Gasteiger partial charge in [-0.05, 0) is 32.0 Å². The summed E-state index contributed by atoms with van der Waals surface area (Å²) in [6.45, 7) is 2.59. The zero-order chi connectivity index (χ0) is 14.1. The molecule has 1 rings (SSSR count). The van der Waals surface area contributed by atoms with E-state index in [1.54, 1.807) is 0 Å². The van der Waals surface area contributed by atoms with Gasteiger partial charge in [0.25, 0.3) is 5.91 Å². The quantitative estimate of drug-likeness (QED) is 0.899. The first kappa shape index (κ1) is 14.1. The molecule has 0 atom stereocenters. The van der Waals surface area contributed by atoms with Crippen LogP contribution in [0.15, 0.2) is 18.2 Å². The second-order valence-corrected chi connectivity index (χ2v) is 4.35. The highest BCUT2D eigenvalue weighted by Gasteiger charge is 2.36. The Morgan fingerprint density at radius 3 is 2.33 bits per heavy atom. The van der Waals surface area contributed by atoms with Gasteiger partial charge in [0.1, 0.15) is 17.2 Å². The maximum absolute atomic E-state index is 13.4. The molecule has 0 aliphatic rings. The molecule has 4 nitrogen and oxygen atoms in total. The lowest BCUT2D eigenvalue weighted by molar-refractivity contribution is -0.147. The van der Waals surface area contributed by atoms with Crippen molar-refractivity contribution in [2.24, 2.45) is 0 Å². The fourth-order valence-electron chi connectivity index (χ4n) is 1.24. The Kier molecular flexibility index (Phi) is 3.69. The molecule has 0 aromatic heterocycles. The summed E-state index contributed by atoms with van der Waals surface area (Å²) >= 11 is 0. The summed E-state index contributed by atoms with van der Waals surface area (Å²) in [5, 5.41) is 8.97. The monoisotopic (exact) mass is 257 g/mol. The van der Waals surface area contributed by atoms with Crippen LogP contribution in [0.2, 0.25) is 0 Å². The molecule has 18 heavy (non-hydrogen) atoms. The molecule has 0 spiro atoms. The Bertz CT molecular complexity index is 500. The molecule has 1 amide bonds. The van der Waals surface area contributed by atoms with Crippen LogP contribution in [0, 0.1) is 11.6 Å². The molecule has 1 aromatic rings. The van der Waals surface area contributed by atoms with Crippen molar-refractivity contribution in [3.63, 3.8) is 0 Å². The van der Waals surface area contributed by atoms with E-state index in [0.29, 0.717) is 0 Å². The molecule has 98 valence electrons. The summed E-state index contributed by atoms with van der Waals surface area (Å²) < 4.78 is 26.4. The minimum atomic E-state index is -1.52. The Balaban J connectivity index is 3.15. The van der Waals surface area contributed by atoms with Gasteiger partial charge >= 0.3 is 5.97 Å². The molecule has 0 unspecified atom stereocenters. The zero-order valence-corrected chi connectivity index (χ0v) is 10.2. The van der Waals surface area contributed by atoms with Gasteiger partial charge < -0.3 is 10.0 Å². The third-order valence-corrected chi connectivity index (χ3v) is 2.83. The van der Waals surface area contributed by atoms with Gasteiger partial charge in [0.05, 0.1) is 5.56 Å². The van der Waals surface area contributed by atoms with E-state index >= 15 is 0 Å². The summed E-state index contributed by atoms with van der Waals surface area (Å²) in [5.41, 5.74) is -2.01. The molecule has 0 fully saturated rings. The van der Waals surface area contributed by atoms with Crippen molar-refractivity contribution in [2.75, 3.05) is 7.05 Å². The van der Waals surface area contributed by atoms with E-state index in [1.165, 1.54) is 20.9 Å². The average Bonchev–Trinajstić information content (AvgIpc) is 2.30. The minimum Gasteiger partial charge on any atom is -0.480 e. The number of halogens is 2. The highest BCUT2D eigenvalue weighted by Crippen LogP contribution is 2.18. The lowest BCUT2D eigenvalue weighted by atomic mass is 10.0. The molecule has 0 saturated heterocycles. The summed E-state index contributed by atoms with van der Waals surface area (Å²) in [6.07, 6.45) is 0. The number of carbonyl (C=O) groups excluding carboxylic acids is 1. The number of hydrogen-bond acceptors (Lipinski definition) is 2. The Hall–Kier alpha value is -1.98. The second-order valence-electron chi connectivity index (χ2n) is 4.35. The van der Waals surface area contributed by atoms with Crippen molar-refractivity contribution in [1.29, 1.82) is 0 Å². The predicted octanol–water partition coefficient (Wildman–Crippen LogP) is 1.90. The SMILES string of the molecule is CN(C(=O)c1cc(F)ccc1F)C(C)(C)C(=O)O. The van der Waals surface area contributed by atoms with Gasteiger partial charge in [0, 0.05) is 7.05 Å². The van der Waals surface area contributed by atoms with Gasteiger partial charge in [0.2, 0.25) is 0 Å². The Morgan fingerprint density at radius 2 is 1.83 bits per heavy atom. The van der Waals surface area contributed by atoms with Crippen LogP contribution in [0.25, 0.3) is 0 Å². The second kappa shape index (κ2) is 4.72. The first-order valence-electron chi connectivity index (χ1n) is 5.14. The van der Waals surface area contributed by atoms with Crippen molar-refractivity contribution in [2.45, 2.75) is 19.4 Å². The third-order valence-electron chi connectivity index (χ3n) is 2.83. The molecule has 0 aliphatic heterocycles. The molecule has 6 heteroatoms. The number of carboxylic acid groups (broad SMARTS) is 1. The molecule has 0 bridgehead atoms. The molecule has 0 aliphatic carbocycles. The zero-order valence-electron chi connectivity index (χ0n) is 10.2. The molecule has 0 heterocycles. The van der Waals surface area contributed by atoms with Crippen molar-refractivity contribution in [1.82, 2.24) is 4.90 Å². The first-order chi connectivity index (χ1) is 8.17. The van der Waals surface area contributed by atoms with E-state index in [2.05, 4.69) is 0 Å². The number of carboxylic acids is 1. The number of carbonyl (C=O) groups is 2. The van der Waals surface area contributed by atoms with Gasteiger partial charge in [-0.1, -0.05) is 0 Å². The summed E-state index contributed by atoms with van der Waals surface area (Å²) in [7, 11) is 1.22. The third kappa shape index (κ3) is 2.47. The standard InChI is InChI=1S/C12H13F2NO3/c1-12(2,11(17)18)15(3)10(16)8-6-7(13)4-5-9(8)14/h4-6H,1-3H3,(H,17,18). The largest absolute Gasteiger partial charge is 0.480 e. The molecule has 0 saturated carbocycles. The van der Waals surface area contributed by atoms with Crippen LogP contribution in [-0.4, -0.2) is 34.5 Å². The average molecular weight is 257 g/mol. The topological polar surface area (TPSA) is 57.6 Å². The van der Waals surface area contributed by atoms with Gasteiger partial charge in [-0.25, -0.2) is 13.6 Å². The van der Waals surface area contributed by atoms with E-state index in [-0.39, 0.29) is 0 Å². The summed E-state index contributed by atoms with van der Waals surface area (Å²) in [5.74, 6) is -3.79. The van der Waals surface area contributed by atoms with Crippen LogP contribution < -0.4 is 0 Å². The number of hydrogen-bond donors (Lipinski definition) is 1. The predicted molar refractivity (Wildman–Crippen MR) is 60.2 cm³/mol. The van der Waals surface area contributed by atoms with E-state index in [4.69, 9.17) is 5.11 Å². The fraction of sp³-hybridized carbons (Fsp3) is 0.333. The van der Waals surface area contributed by atoms with Crippen LogP contribution >= 0.6 is 0 Å². The lowest BCUT2D eigenvalue weighted by Crippen LogP contribution is -2.51. The van der Waals surface area contributed by atoms with Crippen molar-refractivity contribution < 1.29 is 23.5 Å². The number of amides is 1. The van der Waals surface area contributed by atoms with E-state index in [9.17, 15) is 18.4 Å². The van der Waals surface area contributed by atoms with Crippen LogP contribution in [0.5, 0.6) is 0 Å². The van der Waals surface area contributed by atoms with Gasteiger partial charge in [0.15, 0.2) is 0 Å². The maximum atomic E-state index is 13.4. The Morgan fingerprint density at radius 1 is 1.28 bits per heavy atom. The van der Waals surface area contributed by atoms with Crippen molar-refractivity contribution in [3.8, 4) is 0 Å². The van der Waals surface area contributed by atoms with E-state index in [0.717, 1.165) is 23.1 Å². The normalized spacial score (nSPS) is 11.2. The lowest BCUT2D eigenvalue weighted by Gasteiger charge is -2.31. The summed E-state index contributed by atoms with van der Waals surface area (Å²) in [6, 6.07) is 2.45. The minimum absolute atomic E-state index is 0.494. The molecule has 1 aromatic carbocycles. The fourth-order valence-corrected chi connectivity index (χ4v) is 1.24. The first-order valence-corrected chi connectivity index (χ1v) is 5.14. The van der Waals surface area contributed by atoms with Crippen LogP contribution in [0.4, 0.5) is 8.78 Å². The molecular formula is C12H13F2NO3. The number of benzene rings is 1. The van der Waals surface area contributed by atoms with E-state index in [1.807, 2.05) is 0 Å². The van der Waals surface area contributed by atoms with Crippen molar-refractivity contribution in [3.05, 3.63) is 35.4 Å².